The van der Waals surface area contributed by atoms with Gasteiger partial charge in [0, 0.05) is 16.3 Å². The zero-order valence-corrected chi connectivity index (χ0v) is 27.7. The van der Waals surface area contributed by atoms with E-state index in [4.69, 9.17) is 4.42 Å². The van der Waals surface area contributed by atoms with Crippen LogP contribution in [0.3, 0.4) is 0 Å². The number of benzene rings is 10. The van der Waals surface area contributed by atoms with E-state index in [1.165, 1.54) is 76.1 Å². The molecule has 0 N–H and O–H groups in total. The molecule has 0 bridgehead atoms. The van der Waals surface area contributed by atoms with Crippen LogP contribution >= 0.6 is 0 Å². The van der Waals surface area contributed by atoms with Crippen LogP contribution in [0.2, 0.25) is 0 Å². The van der Waals surface area contributed by atoms with E-state index in [0.717, 1.165) is 33.1 Å². The maximum Gasteiger partial charge on any atom is 0.143 e. The molecule has 1 aromatic heterocycles. The zero-order chi connectivity index (χ0) is 33.5. The van der Waals surface area contributed by atoms with Crippen LogP contribution in [-0.4, -0.2) is 0 Å². The van der Waals surface area contributed by atoms with Crippen LogP contribution < -0.4 is 0 Å². The molecule has 11 aromatic rings. The summed E-state index contributed by atoms with van der Waals surface area (Å²) in [5, 5.41) is 14.8. The van der Waals surface area contributed by atoms with Crippen LogP contribution in [-0.2, 0) is 0 Å². The van der Waals surface area contributed by atoms with Crippen LogP contribution in [0.5, 0.6) is 0 Å². The summed E-state index contributed by atoms with van der Waals surface area (Å²) in [6.45, 7) is 0. The molecule has 1 heteroatoms. The average Bonchev–Trinajstić information content (AvgIpc) is 3.57. The van der Waals surface area contributed by atoms with E-state index in [0.29, 0.717) is 0 Å². The number of hydrogen-bond acceptors (Lipinski definition) is 1. The van der Waals surface area contributed by atoms with E-state index in [1.807, 2.05) is 6.07 Å². The number of para-hydroxylation sites is 1. The maximum atomic E-state index is 6.59. The highest BCUT2D eigenvalue weighted by atomic mass is 16.3. The minimum Gasteiger partial charge on any atom is -0.455 e. The Hall–Kier alpha value is -6.70. The Morgan fingerprint density at radius 2 is 0.725 bits per heavy atom. The van der Waals surface area contributed by atoms with E-state index in [1.54, 1.807) is 0 Å². The highest BCUT2D eigenvalue weighted by Gasteiger charge is 2.20. The van der Waals surface area contributed by atoms with Gasteiger partial charge in [-0.2, -0.15) is 0 Å². The second-order valence-electron chi connectivity index (χ2n) is 13.6. The summed E-state index contributed by atoms with van der Waals surface area (Å²) in [6, 6.07) is 66.3. The molecule has 0 spiro atoms. The summed E-state index contributed by atoms with van der Waals surface area (Å²) in [4.78, 5) is 0. The quantitative estimate of drug-likeness (QED) is 0.138. The molecule has 0 unspecified atom stereocenters. The van der Waals surface area contributed by atoms with Crippen molar-refractivity contribution in [3.63, 3.8) is 0 Å². The van der Waals surface area contributed by atoms with Gasteiger partial charge in [0.25, 0.3) is 0 Å². The molecule has 51 heavy (non-hydrogen) atoms. The van der Waals surface area contributed by atoms with Gasteiger partial charge in [-0.05, 0) is 99.9 Å². The monoisotopic (exact) mass is 646 g/mol. The molecule has 0 atom stereocenters. The van der Waals surface area contributed by atoms with E-state index in [-0.39, 0.29) is 0 Å². The average molecular weight is 647 g/mol. The Balaban J connectivity index is 1.17. The molecule has 11 rings (SSSR count). The summed E-state index contributed by atoms with van der Waals surface area (Å²) in [6.07, 6.45) is 0. The Morgan fingerprint density at radius 3 is 1.37 bits per heavy atom. The first-order chi connectivity index (χ1) is 25.3. The summed E-state index contributed by atoms with van der Waals surface area (Å²) in [7, 11) is 0. The van der Waals surface area contributed by atoms with Gasteiger partial charge in [-0.25, -0.2) is 0 Å². The lowest BCUT2D eigenvalue weighted by atomic mass is 9.83. The van der Waals surface area contributed by atoms with E-state index >= 15 is 0 Å². The van der Waals surface area contributed by atoms with Crippen LogP contribution in [0.1, 0.15) is 0 Å². The molecule has 0 amide bonds. The molecular weight excluding hydrogens is 617 g/mol. The lowest BCUT2D eigenvalue weighted by Crippen LogP contribution is -1.92. The Morgan fingerprint density at radius 1 is 0.275 bits per heavy atom. The Kier molecular flexibility index (Phi) is 6.02. The fourth-order valence-electron chi connectivity index (χ4n) is 8.60. The molecule has 1 nitrogen and oxygen atoms in total. The van der Waals surface area contributed by atoms with Gasteiger partial charge >= 0.3 is 0 Å². The van der Waals surface area contributed by atoms with Crippen LogP contribution in [0.15, 0.2) is 186 Å². The summed E-state index contributed by atoms with van der Waals surface area (Å²) < 4.78 is 6.59. The Labute approximate surface area is 294 Å². The topological polar surface area (TPSA) is 13.1 Å². The minimum absolute atomic E-state index is 0.915. The predicted octanol–water partition coefficient (Wildman–Crippen LogP) is 14.4. The van der Waals surface area contributed by atoms with Gasteiger partial charge in [0.1, 0.15) is 11.2 Å². The van der Waals surface area contributed by atoms with Crippen molar-refractivity contribution in [3.05, 3.63) is 182 Å². The van der Waals surface area contributed by atoms with Crippen molar-refractivity contribution in [2.24, 2.45) is 0 Å². The largest absolute Gasteiger partial charge is 0.455 e. The molecule has 0 aliphatic heterocycles. The molecular formula is C50H30O. The van der Waals surface area contributed by atoms with Crippen LogP contribution in [0.25, 0.3) is 109 Å². The van der Waals surface area contributed by atoms with Gasteiger partial charge in [-0.1, -0.05) is 164 Å². The number of furan rings is 1. The second-order valence-corrected chi connectivity index (χ2v) is 13.6. The van der Waals surface area contributed by atoms with Gasteiger partial charge < -0.3 is 4.42 Å². The predicted molar refractivity (Wildman–Crippen MR) is 218 cm³/mol. The summed E-state index contributed by atoms with van der Waals surface area (Å²) in [5.41, 5.74) is 9.14. The van der Waals surface area contributed by atoms with Crippen LogP contribution in [0.4, 0.5) is 0 Å². The van der Waals surface area contributed by atoms with Gasteiger partial charge in [0.2, 0.25) is 0 Å². The van der Waals surface area contributed by atoms with E-state index < -0.39 is 0 Å². The Bertz CT molecular complexity index is 3120. The van der Waals surface area contributed by atoms with Crippen molar-refractivity contribution in [3.8, 4) is 33.4 Å². The fraction of sp³-hybridized carbons (Fsp3) is 0. The maximum absolute atomic E-state index is 6.59. The molecule has 0 saturated carbocycles. The van der Waals surface area contributed by atoms with Crippen molar-refractivity contribution >= 4 is 75.8 Å². The van der Waals surface area contributed by atoms with Gasteiger partial charge in [-0.15, -0.1) is 0 Å². The van der Waals surface area contributed by atoms with E-state index in [9.17, 15) is 0 Å². The normalized spacial score (nSPS) is 11.9. The molecule has 0 saturated heterocycles. The second kappa shape index (κ2) is 10.9. The van der Waals surface area contributed by atoms with Crippen molar-refractivity contribution in [1.29, 1.82) is 0 Å². The number of rotatable bonds is 3. The lowest BCUT2D eigenvalue weighted by molar-refractivity contribution is 0.670. The summed E-state index contributed by atoms with van der Waals surface area (Å²) in [5.74, 6) is 0. The third-order valence-electron chi connectivity index (χ3n) is 10.8. The standard InChI is InChI=1S/C50H30O/c1-3-15-35-33(13-1)29-44(38-18-6-5-17-37(35)38)49-42-22-9-7-20-40(42)47(41-21-8-10-23-43(41)49)31-25-27-32(28-26-31)48-36-16-4-2-14-34(36)30-45-39-19-11-12-24-46(39)51-50(45)48/h1-30H. The van der Waals surface area contributed by atoms with Gasteiger partial charge in [0.15, 0.2) is 0 Å². The molecule has 0 aliphatic rings. The molecule has 1 heterocycles. The van der Waals surface area contributed by atoms with Gasteiger partial charge in [-0.3, -0.25) is 0 Å². The fourth-order valence-corrected chi connectivity index (χ4v) is 8.60. The highest BCUT2D eigenvalue weighted by molar-refractivity contribution is 6.26. The highest BCUT2D eigenvalue weighted by Crippen LogP contribution is 2.47. The summed E-state index contributed by atoms with van der Waals surface area (Å²) >= 11 is 0. The first kappa shape index (κ1) is 28.2. The van der Waals surface area contributed by atoms with Crippen molar-refractivity contribution in [2.45, 2.75) is 0 Å². The number of hydrogen-bond donors (Lipinski definition) is 0. The third-order valence-corrected chi connectivity index (χ3v) is 10.8. The van der Waals surface area contributed by atoms with Crippen molar-refractivity contribution in [1.82, 2.24) is 0 Å². The molecule has 0 fully saturated rings. The van der Waals surface area contributed by atoms with Gasteiger partial charge in [0.05, 0.1) is 0 Å². The molecule has 0 aliphatic carbocycles. The van der Waals surface area contributed by atoms with Crippen molar-refractivity contribution < 1.29 is 4.42 Å². The lowest BCUT2D eigenvalue weighted by Gasteiger charge is -2.20. The molecule has 10 aromatic carbocycles. The smallest absolute Gasteiger partial charge is 0.143 e. The van der Waals surface area contributed by atoms with Crippen LogP contribution in [0, 0.1) is 0 Å². The minimum atomic E-state index is 0.915. The first-order valence-electron chi connectivity index (χ1n) is 17.6. The van der Waals surface area contributed by atoms with E-state index in [2.05, 4.69) is 176 Å². The van der Waals surface area contributed by atoms with Crippen molar-refractivity contribution in [2.75, 3.05) is 0 Å². The number of fused-ring (bicyclic) bond motifs is 9. The molecule has 236 valence electrons. The molecule has 0 radical (unpaired) electrons. The third kappa shape index (κ3) is 4.16. The SMILES string of the molecule is c1ccc2c(-c3ccc(-c4c5ccccc5c(-c5cc6ccccc6c6ccccc56)c5ccccc45)cc3)c3oc4ccccc4c3cc2c1. The first-order valence-corrected chi connectivity index (χ1v) is 17.6. The zero-order valence-electron chi connectivity index (χ0n) is 27.7.